The van der Waals surface area contributed by atoms with E-state index in [-0.39, 0.29) is 35.4 Å². The lowest BCUT2D eigenvalue weighted by Gasteiger charge is -2.32. The van der Waals surface area contributed by atoms with Crippen LogP contribution in [0, 0.1) is 24.4 Å². The van der Waals surface area contributed by atoms with Crippen molar-refractivity contribution in [2.24, 2.45) is 0 Å². The van der Waals surface area contributed by atoms with Gasteiger partial charge < -0.3 is 19.1 Å². The van der Waals surface area contributed by atoms with Gasteiger partial charge in [-0.1, -0.05) is 0 Å². The second-order valence-corrected chi connectivity index (χ2v) is 9.03. The van der Waals surface area contributed by atoms with Gasteiger partial charge in [0.1, 0.15) is 23.3 Å². The molecular formula is C25H25F3N4O3. The van der Waals surface area contributed by atoms with Crippen molar-refractivity contribution >= 4 is 28.5 Å². The molecule has 5 rings (SSSR count). The molecular weight excluding hydrogens is 461 g/mol. The van der Waals surface area contributed by atoms with Gasteiger partial charge in [-0.15, -0.1) is 0 Å². The van der Waals surface area contributed by atoms with Gasteiger partial charge in [-0.25, -0.2) is 18.2 Å². The van der Waals surface area contributed by atoms with Crippen LogP contribution in [0.5, 0.6) is 0 Å². The molecule has 3 aromatic rings. The van der Waals surface area contributed by atoms with Crippen molar-refractivity contribution in [3.05, 3.63) is 47.3 Å². The van der Waals surface area contributed by atoms with Crippen molar-refractivity contribution in [3.8, 4) is 11.4 Å². The zero-order valence-corrected chi connectivity index (χ0v) is 19.5. The standard InChI is InChI=1S/C25H25F3N4O3/c1-14-8-21-22(11-18(14)26)32(13-17-12-30(15(2)33)6-7-35-17)25(29-21)24-19(27)9-16(10-20(24)28)31-5-3-4-23(31)34/h8-11,17H,3-7,12-13H2,1-2H3/t17-/m1/s1. The summed E-state index contributed by atoms with van der Waals surface area (Å²) in [5.41, 5.74) is 0.895. The van der Waals surface area contributed by atoms with Crippen LogP contribution in [0.15, 0.2) is 24.3 Å². The average Bonchev–Trinajstić information content (AvgIpc) is 3.38. The Morgan fingerprint density at radius 1 is 1.11 bits per heavy atom. The SMILES string of the molecule is CC(=O)N1CCO[C@@H](Cn2c(-c3c(F)cc(N4CCCC4=O)cc3F)nc3cc(C)c(F)cc32)C1. The highest BCUT2D eigenvalue weighted by molar-refractivity contribution is 5.95. The van der Waals surface area contributed by atoms with E-state index in [1.54, 1.807) is 11.8 Å². The normalized spacial score (nSPS) is 18.7. The first-order valence-corrected chi connectivity index (χ1v) is 11.6. The number of rotatable bonds is 4. The quantitative estimate of drug-likeness (QED) is 0.563. The summed E-state index contributed by atoms with van der Waals surface area (Å²) in [4.78, 5) is 31.4. The van der Waals surface area contributed by atoms with Gasteiger partial charge in [0.05, 0.1) is 35.9 Å². The number of halogens is 3. The fourth-order valence-electron chi connectivity index (χ4n) is 4.80. The summed E-state index contributed by atoms with van der Waals surface area (Å²) in [5.74, 6) is -2.50. The fourth-order valence-corrected chi connectivity index (χ4v) is 4.80. The number of morpholine rings is 1. The molecule has 184 valence electrons. The Morgan fingerprint density at radius 3 is 2.51 bits per heavy atom. The molecule has 0 bridgehead atoms. The number of imidazole rings is 1. The predicted octanol–water partition coefficient (Wildman–Crippen LogP) is 3.80. The van der Waals surface area contributed by atoms with Crippen LogP contribution in [-0.4, -0.2) is 58.6 Å². The Bertz CT molecular complexity index is 1320. The molecule has 2 aliphatic heterocycles. The number of aryl methyl sites for hydroxylation is 1. The zero-order chi connectivity index (χ0) is 24.9. The van der Waals surface area contributed by atoms with Gasteiger partial charge >= 0.3 is 0 Å². The minimum Gasteiger partial charge on any atom is -0.373 e. The number of benzene rings is 2. The average molecular weight is 486 g/mol. The van der Waals surface area contributed by atoms with E-state index >= 15 is 8.78 Å². The topological polar surface area (TPSA) is 67.7 Å². The molecule has 2 saturated heterocycles. The van der Waals surface area contributed by atoms with Crippen molar-refractivity contribution in [2.45, 2.75) is 39.3 Å². The van der Waals surface area contributed by atoms with Gasteiger partial charge in [0, 0.05) is 44.7 Å². The minimum atomic E-state index is -0.872. The van der Waals surface area contributed by atoms with Crippen LogP contribution in [0.4, 0.5) is 18.9 Å². The van der Waals surface area contributed by atoms with Gasteiger partial charge in [0.2, 0.25) is 11.8 Å². The summed E-state index contributed by atoms with van der Waals surface area (Å²) < 4.78 is 52.7. The highest BCUT2D eigenvalue weighted by Gasteiger charge is 2.29. The molecule has 7 nitrogen and oxygen atoms in total. The van der Waals surface area contributed by atoms with Crippen LogP contribution in [0.2, 0.25) is 0 Å². The molecule has 1 atom stereocenters. The maximum atomic E-state index is 15.4. The number of ether oxygens (including phenoxy) is 1. The largest absolute Gasteiger partial charge is 0.373 e. The Kier molecular flexibility index (Phi) is 6.00. The lowest BCUT2D eigenvalue weighted by Crippen LogP contribution is -2.46. The maximum absolute atomic E-state index is 15.4. The second-order valence-electron chi connectivity index (χ2n) is 9.03. The number of hydrogen-bond acceptors (Lipinski definition) is 4. The highest BCUT2D eigenvalue weighted by atomic mass is 19.1. The lowest BCUT2D eigenvalue weighted by atomic mass is 10.1. The molecule has 2 aromatic carbocycles. The van der Waals surface area contributed by atoms with Crippen molar-refractivity contribution < 1.29 is 27.5 Å². The molecule has 0 radical (unpaired) electrons. The molecule has 0 spiro atoms. The van der Waals surface area contributed by atoms with Gasteiger partial charge in [0.15, 0.2) is 0 Å². The van der Waals surface area contributed by atoms with Crippen LogP contribution in [0.3, 0.4) is 0 Å². The molecule has 3 heterocycles. The van der Waals surface area contributed by atoms with E-state index in [4.69, 9.17) is 4.74 Å². The van der Waals surface area contributed by atoms with E-state index < -0.39 is 23.6 Å². The number of amides is 2. The number of carbonyl (C=O) groups is 2. The molecule has 35 heavy (non-hydrogen) atoms. The molecule has 2 fully saturated rings. The molecule has 10 heteroatoms. The van der Waals surface area contributed by atoms with Crippen molar-refractivity contribution in [1.29, 1.82) is 0 Å². The van der Waals surface area contributed by atoms with E-state index in [9.17, 15) is 14.0 Å². The predicted molar refractivity (Wildman–Crippen MR) is 123 cm³/mol. The van der Waals surface area contributed by atoms with E-state index in [0.29, 0.717) is 55.7 Å². The number of hydrogen-bond donors (Lipinski definition) is 0. The zero-order valence-electron chi connectivity index (χ0n) is 19.5. The molecule has 0 unspecified atom stereocenters. The Labute approximate surface area is 200 Å². The third-order valence-corrected chi connectivity index (χ3v) is 6.63. The van der Waals surface area contributed by atoms with Crippen molar-refractivity contribution in [2.75, 3.05) is 31.1 Å². The molecule has 2 aliphatic rings. The van der Waals surface area contributed by atoms with Crippen LogP contribution in [0.25, 0.3) is 22.4 Å². The van der Waals surface area contributed by atoms with Crippen LogP contribution >= 0.6 is 0 Å². The Balaban J connectivity index is 1.61. The maximum Gasteiger partial charge on any atom is 0.227 e. The van der Waals surface area contributed by atoms with Gasteiger partial charge in [-0.2, -0.15) is 0 Å². The first kappa shape index (κ1) is 23.3. The molecule has 0 N–H and O–H groups in total. The third kappa shape index (κ3) is 4.27. The van der Waals surface area contributed by atoms with E-state index in [1.165, 1.54) is 28.5 Å². The van der Waals surface area contributed by atoms with E-state index in [0.717, 1.165) is 12.1 Å². The van der Waals surface area contributed by atoms with Gasteiger partial charge in [-0.05, 0) is 37.1 Å². The van der Waals surface area contributed by atoms with Crippen molar-refractivity contribution in [3.63, 3.8) is 0 Å². The highest BCUT2D eigenvalue weighted by Crippen LogP contribution is 2.34. The summed E-state index contributed by atoms with van der Waals surface area (Å²) in [5, 5.41) is 0. The van der Waals surface area contributed by atoms with E-state index in [2.05, 4.69) is 4.98 Å². The molecule has 1 aromatic heterocycles. The van der Waals surface area contributed by atoms with Gasteiger partial charge in [0.25, 0.3) is 0 Å². The Morgan fingerprint density at radius 2 is 1.86 bits per heavy atom. The van der Waals surface area contributed by atoms with Crippen LogP contribution in [-0.2, 0) is 20.9 Å². The fraction of sp³-hybridized carbons (Fsp3) is 0.400. The number of fused-ring (bicyclic) bond motifs is 1. The van der Waals surface area contributed by atoms with Crippen LogP contribution in [0.1, 0.15) is 25.3 Å². The summed E-state index contributed by atoms with van der Waals surface area (Å²) in [6.07, 6.45) is 0.494. The number of aromatic nitrogens is 2. The van der Waals surface area contributed by atoms with Crippen LogP contribution < -0.4 is 4.90 Å². The smallest absolute Gasteiger partial charge is 0.227 e. The van der Waals surface area contributed by atoms with E-state index in [1.807, 2.05) is 0 Å². The number of carbonyl (C=O) groups excluding carboxylic acids is 2. The van der Waals surface area contributed by atoms with Gasteiger partial charge in [-0.3, -0.25) is 9.59 Å². The summed E-state index contributed by atoms with van der Waals surface area (Å²) in [7, 11) is 0. The summed E-state index contributed by atoms with van der Waals surface area (Å²) in [6, 6.07) is 5.08. The monoisotopic (exact) mass is 486 g/mol. The minimum absolute atomic E-state index is 0.0113. The number of nitrogens with zero attached hydrogens (tertiary/aromatic N) is 4. The molecule has 0 saturated carbocycles. The Hall–Kier alpha value is -3.40. The lowest BCUT2D eigenvalue weighted by molar-refractivity contribution is -0.136. The number of anilines is 1. The summed E-state index contributed by atoms with van der Waals surface area (Å²) >= 11 is 0. The first-order chi connectivity index (χ1) is 16.7. The third-order valence-electron chi connectivity index (χ3n) is 6.63. The van der Waals surface area contributed by atoms with Crippen molar-refractivity contribution in [1.82, 2.24) is 14.5 Å². The second kappa shape index (κ2) is 8.99. The molecule has 2 amide bonds. The molecule has 0 aliphatic carbocycles. The first-order valence-electron chi connectivity index (χ1n) is 11.6. The summed E-state index contributed by atoms with van der Waals surface area (Å²) in [6.45, 7) is 4.65.